The summed E-state index contributed by atoms with van der Waals surface area (Å²) in [5.41, 5.74) is 8.06. The number of halogens is 1. The number of carbonyl (C=O) groups excluding carboxylic acids is 1. The molecule has 0 aliphatic carbocycles. The number of anilines is 1. The Kier molecular flexibility index (Phi) is 7.23. The molecule has 1 heterocycles. The number of carbonyl (C=O) groups is 1. The van der Waals surface area contributed by atoms with Gasteiger partial charge in [-0.1, -0.05) is 0 Å². The molecule has 0 saturated heterocycles. The number of nitrogens with zero attached hydrogens (tertiary/aromatic N) is 2. The molecule has 0 saturated carbocycles. The van der Waals surface area contributed by atoms with E-state index in [1.165, 1.54) is 0 Å². The van der Waals surface area contributed by atoms with E-state index in [9.17, 15) is 9.18 Å². The standard InChI is InChI=1S/C11H10FN3.C9H19NO2/c1-5-6(2)15-11-7(4-13)3-8(12)10(14)9(5)11;1-6-10(7-2)8(11)12-9(3,4)5/h3,15H,14H2,1-2H3;6-7H2,1-5H3. The summed E-state index contributed by atoms with van der Waals surface area (Å²) in [6, 6.07) is 3.11. The highest BCUT2D eigenvalue weighted by molar-refractivity contribution is 5.98. The second-order valence-electron chi connectivity index (χ2n) is 7.21. The van der Waals surface area contributed by atoms with Gasteiger partial charge < -0.3 is 20.4 Å². The molecule has 0 radical (unpaired) electrons. The molecule has 7 heteroatoms. The number of hydrogen-bond acceptors (Lipinski definition) is 4. The molecule has 1 amide bonds. The molecule has 0 atom stereocenters. The summed E-state index contributed by atoms with van der Waals surface area (Å²) in [5.74, 6) is -0.541. The molecule has 1 aromatic heterocycles. The first-order valence-electron chi connectivity index (χ1n) is 8.91. The van der Waals surface area contributed by atoms with Gasteiger partial charge in [0, 0.05) is 24.2 Å². The van der Waals surface area contributed by atoms with E-state index in [4.69, 9.17) is 15.7 Å². The number of benzene rings is 1. The lowest BCUT2D eigenvalue weighted by Crippen LogP contribution is -2.36. The highest BCUT2D eigenvalue weighted by Crippen LogP contribution is 2.31. The molecule has 6 nitrogen and oxygen atoms in total. The molecule has 148 valence electrons. The number of rotatable bonds is 2. The molecule has 3 N–H and O–H groups in total. The average Bonchev–Trinajstić information content (AvgIpc) is 2.87. The Morgan fingerprint density at radius 2 is 1.89 bits per heavy atom. The van der Waals surface area contributed by atoms with Crippen molar-refractivity contribution in [1.82, 2.24) is 9.88 Å². The molecule has 1 aromatic carbocycles. The van der Waals surface area contributed by atoms with Gasteiger partial charge in [0.15, 0.2) is 0 Å². The number of amides is 1. The van der Waals surface area contributed by atoms with Gasteiger partial charge >= 0.3 is 6.09 Å². The summed E-state index contributed by atoms with van der Waals surface area (Å²) in [6.45, 7) is 14.6. The first-order valence-corrected chi connectivity index (χ1v) is 8.91. The molecule has 0 aliphatic rings. The van der Waals surface area contributed by atoms with Crippen LogP contribution in [0.1, 0.15) is 51.4 Å². The van der Waals surface area contributed by atoms with Crippen molar-refractivity contribution in [2.45, 2.75) is 54.1 Å². The zero-order chi connectivity index (χ0) is 20.9. The van der Waals surface area contributed by atoms with Crippen molar-refractivity contribution in [2.24, 2.45) is 0 Å². The summed E-state index contributed by atoms with van der Waals surface area (Å²) in [5, 5.41) is 9.49. The van der Waals surface area contributed by atoms with Crippen molar-refractivity contribution in [3.8, 4) is 6.07 Å². The number of H-pyrrole nitrogens is 1. The maximum atomic E-state index is 13.4. The Morgan fingerprint density at radius 1 is 1.33 bits per heavy atom. The number of aromatic nitrogens is 1. The maximum absolute atomic E-state index is 13.4. The largest absolute Gasteiger partial charge is 0.444 e. The topological polar surface area (TPSA) is 95.1 Å². The quantitative estimate of drug-likeness (QED) is 0.746. The highest BCUT2D eigenvalue weighted by atomic mass is 19.1. The Hall–Kier alpha value is -2.75. The average molecular weight is 376 g/mol. The third kappa shape index (κ3) is 5.36. The van der Waals surface area contributed by atoms with Crippen LogP contribution in [-0.2, 0) is 4.74 Å². The SMILES string of the molecule is CCN(CC)C(=O)OC(C)(C)C.Cc1[nH]c2c(C#N)cc(F)c(N)c2c1C. The first kappa shape index (κ1) is 22.3. The van der Waals surface area contributed by atoms with Gasteiger partial charge in [0.05, 0.1) is 16.8 Å². The van der Waals surface area contributed by atoms with E-state index in [1.54, 1.807) is 4.90 Å². The van der Waals surface area contributed by atoms with E-state index in [2.05, 4.69) is 4.98 Å². The van der Waals surface area contributed by atoms with E-state index in [1.807, 2.05) is 54.5 Å². The lowest BCUT2D eigenvalue weighted by atomic mass is 10.1. The molecule has 2 rings (SSSR count). The number of ether oxygens (including phenoxy) is 1. The first-order chi connectivity index (χ1) is 12.5. The van der Waals surface area contributed by atoms with Crippen molar-refractivity contribution >= 4 is 22.7 Å². The molecular formula is C20H29FN4O2. The summed E-state index contributed by atoms with van der Waals surface area (Å²) in [6.07, 6.45) is -0.229. The monoisotopic (exact) mass is 376 g/mol. The van der Waals surface area contributed by atoms with Crippen LogP contribution >= 0.6 is 0 Å². The van der Waals surface area contributed by atoms with E-state index in [0.29, 0.717) is 24.0 Å². The van der Waals surface area contributed by atoms with Crippen molar-refractivity contribution in [2.75, 3.05) is 18.8 Å². The number of fused-ring (bicyclic) bond motifs is 1. The summed E-state index contributed by atoms with van der Waals surface area (Å²) in [7, 11) is 0. The minimum Gasteiger partial charge on any atom is -0.444 e. The fourth-order valence-electron chi connectivity index (χ4n) is 2.55. The van der Waals surface area contributed by atoms with Crippen LogP contribution in [0.3, 0.4) is 0 Å². The Balaban J connectivity index is 0.000000279. The summed E-state index contributed by atoms with van der Waals surface area (Å²) >= 11 is 0. The molecular weight excluding hydrogens is 347 g/mol. The van der Waals surface area contributed by atoms with Crippen LogP contribution < -0.4 is 5.73 Å². The zero-order valence-electron chi connectivity index (χ0n) is 17.2. The number of aryl methyl sites for hydroxylation is 2. The van der Waals surface area contributed by atoms with Crippen molar-refractivity contribution in [1.29, 1.82) is 5.26 Å². The second kappa shape index (κ2) is 8.76. The number of hydrogen-bond donors (Lipinski definition) is 2. The highest BCUT2D eigenvalue weighted by Gasteiger charge is 2.19. The van der Waals surface area contributed by atoms with Gasteiger partial charge in [-0.15, -0.1) is 0 Å². The van der Waals surface area contributed by atoms with E-state index < -0.39 is 5.82 Å². The van der Waals surface area contributed by atoms with Gasteiger partial charge in [-0.2, -0.15) is 5.26 Å². The minimum atomic E-state index is -0.541. The van der Waals surface area contributed by atoms with Crippen molar-refractivity contribution in [3.05, 3.63) is 28.7 Å². The number of aromatic amines is 1. The lowest BCUT2D eigenvalue weighted by Gasteiger charge is -2.25. The molecule has 0 fully saturated rings. The summed E-state index contributed by atoms with van der Waals surface area (Å²) < 4.78 is 18.6. The fraction of sp³-hybridized carbons (Fsp3) is 0.500. The number of nitrogens with two attached hydrogens (primary N) is 1. The Bertz CT molecular complexity index is 856. The van der Waals surface area contributed by atoms with Crippen LogP contribution in [0.2, 0.25) is 0 Å². The van der Waals surface area contributed by atoms with Crippen molar-refractivity contribution < 1.29 is 13.9 Å². The van der Waals surface area contributed by atoms with Crippen LogP contribution in [0.15, 0.2) is 6.07 Å². The third-order valence-electron chi connectivity index (χ3n) is 4.10. The number of nitrogen functional groups attached to an aromatic ring is 1. The predicted molar refractivity (Wildman–Crippen MR) is 106 cm³/mol. The van der Waals surface area contributed by atoms with Crippen LogP contribution in [0.25, 0.3) is 10.9 Å². The molecule has 0 unspecified atom stereocenters. The molecule has 27 heavy (non-hydrogen) atoms. The van der Waals surface area contributed by atoms with Gasteiger partial charge in [0.2, 0.25) is 0 Å². The Morgan fingerprint density at radius 3 is 2.33 bits per heavy atom. The lowest BCUT2D eigenvalue weighted by molar-refractivity contribution is 0.0270. The molecule has 0 bridgehead atoms. The van der Waals surface area contributed by atoms with Gasteiger partial charge in [0.1, 0.15) is 17.5 Å². The fourth-order valence-corrected chi connectivity index (χ4v) is 2.55. The van der Waals surface area contributed by atoms with E-state index in [-0.39, 0.29) is 22.9 Å². The zero-order valence-corrected chi connectivity index (χ0v) is 17.2. The molecule has 0 spiro atoms. The van der Waals surface area contributed by atoms with Gasteiger partial charge in [0.25, 0.3) is 0 Å². The predicted octanol–water partition coefficient (Wildman–Crippen LogP) is 4.64. The van der Waals surface area contributed by atoms with Crippen LogP contribution in [0.5, 0.6) is 0 Å². The third-order valence-corrected chi connectivity index (χ3v) is 4.10. The van der Waals surface area contributed by atoms with E-state index >= 15 is 0 Å². The molecule has 0 aliphatic heterocycles. The van der Waals surface area contributed by atoms with Crippen LogP contribution in [-0.4, -0.2) is 34.7 Å². The van der Waals surface area contributed by atoms with Gasteiger partial charge in [-0.3, -0.25) is 0 Å². The molecule has 2 aromatic rings. The number of nitriles is 1. The van der Waals surface area contributed by atoms with E-state index in [0.717, 1.165) is 17.3 Å². The smallest absolute Gasteiger partial charge is 0.410 e. The summed E-state index contributed by atoms with van der Waals surface area (Å²) in [4.78, 5) is 16.0. The number of nitrogens with one attached hydrogen (secondary N) is 1. The van der Waals surface area contributed by atoms with Crippen LogP contribution in [0.4, 0.5) is 14.9 Å². The maximum Gasteiger partial charge on any atom is 0.410 e. The van der Waals surface area contributed by atoms with Crippen molar-refractivity contribution in [3.63, 3.8) is 0 Å². The van der Waals surface area contributed by atoms with Crippen LogP contribution in [0, 0.1) is 31.0 Å². The van der Waals surface area contributed by atoms with Gasteiger partial charge in [-0.25, -0.2) is 9.18 Å². The minimum absolute atomic E-state index is 0.103. The normalized spacial score (nSPS) is 10.8. The Labute approximate surface area is 160 Å². The van der Waals surface area contributed by atoms with Gasteiger partial charge in [-0.05, 0) is 60.1 Å². The second-order valence-corrected chi connectivity index (χ2v) is 7.21.